The molecule has 5 nitrogen and oxygen atoms in total. The first-order valence-electron chi connectivity index (χ1n) is 8.91. The van der Waals surface area contributed by atoms with Crippen LogP contribution in [0.5, 0.6) is 0 Å². The number of pyridine rings is 1. The molecular weight excluding hydrogens is 401 g/mol. The number of rotatable bonds is 3. The van der Waals surface area contributed by atoms with E-state index in [-0.39, 0.29) is 38.7 Å². The highest BCUT2D eigenvalue weighted by atomic mass is 32.2. The van der Waals surface area contributed by atoms with Crippen molar-refractivity contribution < 1.29 is 18.0 Å². The van der Waals surface area contributed by atoms with Crippen LogP contribution in [0.4, 0.5) is 24.5 Å². The standard InChI is InChI=1S/C20H15F3N4OS/c1-20-9-25-18(28)17-16(26-14-4-2-3-12(21)15(14)23)11(8-27(17)19(20)29-20)10-5-6-24-7-13(10)22/h2-8,19,26H,9H2,1H3,(H,25,28)/t19?,20-/m0/s1. The summed E-state index contributed by atoms with van der Waals surface area (Å²) in [6.07, 6.45) is 4.19. The molecule has 4 heterocycles. The Hall–Kier alpha value is -2.94. The Labute approximate surface area is 168 Å². The van der Waals surface area contributed by atoms with Crippen LogP contribution in [0.1, 0.15) is 22.8 Å². The van der Waals surface area contributed by atoms with Crippen molar-refractivity contribution in [3.8, 4) is 11.1 Å². The predicted octanol–water partition coefficient (Wildman–Crippen LogP) is 4.46. The summed E-state index contributed by atoms with van der Waals surface area (Å²) in [5, 5.41) is 5.68. The Morgan fingerprint density at radius 2 is 2.07 bits per heavy atom. The van der Waals surface area contributed by atoms with Gasteiger partial charge in [0.2, 0.25) is 0 Å². The van der Waals surface area contributed by atoms with Gasteiger partial charge in [-0.3, -0.25) is 9.78 Å². The number of fused-ring (bicyclic) bond motifs is 3. The Morgan fingerprint density at radius 1 is 1.24 bits per heavy atom. The molecule has 2 atom stereocenters. The van der Waals surface area contributed by atoms with Gasteiger partial charge in [-0.25, -0.2) is 13.2 Å². The summed E-state index contributed by atoms with van der Waals surface area (Å²) in [7, 11) is 0. The van der Waals surface area contributed by atoms with Crippen molar-refractivity contribution in [2.24, 2.45) is 0 Å². The minimum absolute atomic E-state index is 0.0204. The highest BCUT2D eigenvalue weighted by molar-refractivity contribution is 8.08. The molecule has 0 spiro atoms. The van der Waals surface area contributed by atoms with Gasteiger partial charge in [-0.2, -0.15) is 0 Å². The van der Waals surface area contributed by atoms with Crippen LogP contribution >= 0.6 is 11.8 Å². The Bertz CT molecular complexity index is 1160. The number of nitrogens with one attached hydrogen (secondary N) is 2. The van der Waals surface area contributed by atoms with Gasteiger partial charge in [0, 0.05) is 30.1 Å². The van der Waals surface area contributed by atoms with Crippen LogP contribution in [-0.2, 0) is 0 Å². The number of amides is 1. The largest absolute Gasteiger partial charge is 0.351 e. The molecule has 3 aromatic rings. The van der Waals surface area contributed by atoms with Gasteiger partial charge in [0.15, 0.2) is 11.6 Å². The monoisotopic (exact) mass is 416 g/mol. The minimum atomic E-state index is -1.08. The van der Waals surface area contributed by atoms with Crippen LogP contribution in [-0.4, -0.2) is 26.8 Å². The Balaban J connectivity index is 1.73. The molecule has 1 unspecified atom stereocenters. The maximum Gasteiger partial charge on any atom is 0.270 e. The number of benzene rings is 1. The number of hydrogen-bond donors (Lipinski definition) is 2. The van der Waals surface area contributed by atoms with Crippen molar-refractivity contribution in [2.45, 2.75) is 17.0 Å². The third-order valence-electron chi connectivity index (χ3n) is 5.22. The van der Waals surface area contributed by atoms with Crippen LogP contribution in [0.25, 0.3) is 11.1 Å². The zero-order valence-electron chi connectivity index (χ0n) is 15.2. The summed E-state index contributed by atoms with van der Waals surface area (Å²) in [4.78, 5) is 16.6. The molecular formula is C20H15F3N4OS. The minimum Gasteiger partial charge on any atom is -0.351 e. The molecule has 0 bridgehead atoms. The summed E-state index contributed by atoms with van der Waals surface area (Å²) in [6, 6.07) is 5.20. The molecule has 2 aliphatic rings. The summed E-state index contributed by atoms with van der Waals surface area (Å²) in [5.74, 6) is -3.04. The van der Waals surface area contributed by atoms with Gasteiger partial charge in [0.25, 0.3) is 5.91 Å². The predicted molar refractivity (Wildman–Crippen MR) is 105 cm³/mol. The zero-order valence-corrected chi connectivity index (χ0v) is 16.0. The summed E-state index contributed by atoms with van der Waals surface area (Å²) in [5.41, 5.74) is 0.904. The summed E-state index contributed by atoms with van der Waals surface area (Å²) in [6.45, 7) is 2.51. The highest BCUT2D eigenvalue weighted by Gasteiger charge is 2.56. The molecule has 0 radical (unpaired) electrons. The number of nitrogens with zero attached hydrogens (tertiary/aromatic N) is 2. The third kappa shape index (κ3) is 2.79. The van der Waals surface area contributed by atoms with E-state index in [2.05, 4.69) is 15.6 Å². The van der Waals surface area contributed by atoms with Crippen LogP contribution in [0.2, 0.25) is 0 Å². The molecule has 29 heavy (non-hydrogen) atoms. The van der Waals surface area contributed by atoms with Crippen LogP contribution in [0, 0.1) is 17.5 Å². The zero-order chi connectivity index (χ0) is 20.3. The fourth-order valence-electron chi connectivity index (χ4n) is 3.64. The highest BCUT2D eigenvalue weighted by Crippen LogP contribution is 2.63. The second kappa shape index (κ2) is 6.28. The molecule has 2 aromatic heterocycles. The lowest BCUT2D eigenvalue weighted by Gasteiger charge is -2.13. The number of anilines is 2. The average Bonchev–Trinajstić information content (AvgIpc) is 3.26. The van der Waals surface area contributed by atoms with E-state index in [4.69, 9.17) is 0 Å². The molecule has 9 heteroatoms. The SMILES string of the molecule is C[C@]12CNC(=O)c3c(Nc4cccc(F)c4F)c(-c4ccncc4F)cn3C1S2. The molecule has 1 aromatic carbocycles. The molecule has 5 rings (SSSR count). The lowest BCUT2D eigenvalue weighted by atomic mass is 10.1. The third-order valence-corrected chi connectivity index (χ3v) is 6.84. The number of halogens is 3. The van der Waals surface area contributed by atoms with Crippen LogP contribution in [0.15, 0.2) is 42.9 Å². The van der Waals surface area contributed by atoms with E-state index in [1.807, 2.05) is 6.92 Å². The van der Waals surface area contributed by atoms with Crippen molar-refractivity contribution in [2.75, 3.05) is 11.9 Å². The van der Waals surface area contributed by atoms with Crippen molar-refractivity contribution >= 4 is 29.0 Å². The van der Waals surface area contributed by atoms with E-state index in [1.165, 1.54) is 24.4 Å². The molecule has 2 aliphatic heterocycles. The maximum atomic E-state index is 14.5. The fourth-order valence-corrected chi connectivity index (χ4v) is 4.71. The van der Waals surface area contributed by atoms with E-state index in [0.29, 0.717) is 12.1 Å². The molecule has 1 saturated heterocycles. The van der Waals surface area contributed by atoms with Gasteiger partial charge >= 0.3 is 0 Å². The molecule has 1 fully saturated rings. The first-order chi connectivity index (χ1) is 13.9. The van der Waals surface area contributed by atoms with Crippen LogP contribution < -0.4 is 10.6 Å². The Morgan fingerprint density at radius 3 is 2.86 bits per heavy atom. The van der Waals surface area contributed by atoms with E-state index in [9.17, 15) is 18.0 Å². The Kier molecular flexibility index (Phi) is 3.92. The smallest absolute Gasteiger partial charge is 0.270 e. The van der Waals surface area contributed by atoms with Crippen LogP contribution in [0.3, 0.4) is 0 Å². The number of hydrogen-bond acceptors (Lipinski definition) is 4. The number of carbonyl (C=O) groups is 1. The first-order valence-corrected chi connectivity index (χ1v) is 9.79. The number of carbonyl (C=O) groups excluding carboxylic acids is 1. The van der Waals surface area contributed by atoms with Gasteiger partial charge in [-0.15, -0.1) is 11.8 Å². The van der Waals surface area contributed by atoms with Gasteiger partial charge in [-0.1, -0.05) is 6.07 Å². The maximum absolute atomic E-state index is 14.5. The second-order valence-electron chi connectivity index (χ2n) is 7.22. The van der Waals surface area contributed by atoms with E-state index < -0.39 is 17.5 Å². The van der Waals surface area contributed by atoms with E-state index >= 15 is 0 Å². The molecule has 0 saturated carbocycles. The van der Waals surface area contributed by atoms with Crippen molar-refractivity contribution in [3.05, 3.63) is 66.0 Å². The lowest BCUT2D eigenvalue weighted by Crippen LogP contribution is -2.30. The number of aromatic nitrogens is 2. The van der Waals surface area contributed by atoms with E-state index in [1.54, 1.807) is 22.5 Å². The van der Waals surface area contributed by atoms with Crippen molar-refractivity contribution in [1.29, 1.82) is 0 Å². The summed E-state index contributed by atoms with van der Waals surface area (Å²) >= 11 is 1.67. The van der Waals surface area contributed by atoms with E-state index in [0.717, 1.165) is 12.3 Å². The topological polar surface area (TPSA) is 59.0 Å². The lowest BCUT2D eigenvalue weighted by molar-refractivity contribution is 0.0950. The molecule has 148 valence electrons. The first kappa shape index (κ1) is 18.1. The summed E-state index contributed by atoms with van der Waals surface area (Å²) < 4.78 is 44.2. The molecule has 0 aliphatic carbocycles. The molecule has 2 N–H and O–H groups in total. The van der Waals surface area contributed by atoms with Crippen molar-refractivity contribution in [1.82, 2.24) is 14.9 Å². The van der Waals surface area contributed by atoms with Gasteiger partial charge in [0.1, 0.15) is 11.5 Å². The van der Waals surface area contributed by atoms with Gasteiger partial charge < -0.3 is 15.2 Å². The normalized spacial score (nSPS) is 22.3. The van der Waals surface area contributed by atoms with Crippen molar-refractivity contribution in [3.63, 3.8) is 0 Å². The average molecular weight is 416 g/mol. The fraction of sp³-hybridized carbons (Fsp3) is 0.200. The quantitative estimate of drug-likeness (QED) is 0.619. The number of thioether (sulfide) groups is 1. The molecule has 1 amide bonds. The van der Waals surface area contributed by atoms with Gasteiger partial charge in [-0.05, 0) is 25.1 Å². The van der Waals surface area contributed by atoms with Gasteiger partial charge in [0.05, 0.1) is 27.7 Å². The second-order valence-corrected chi connectivity index (χ2v) is 8.84.